The molecule has 0 radical (unpaired) electrons. The Morgan fingerprint density at radius 1 is 1.14 bits per heavy atom. The zero-order chi connectivity index (χ0) is 21.6. The SMILES string of the molecule is CC.CC.NC(N)=NCCCNCc1ccc(-n2cc3cc[nH]c3nc2=O)cc1. The number of aromatic amines is 1. The van der Waals surface area contributed by atoms with Gasteiger partial charge in [-0.1, -0.05) is 39.8 Å². The van der Waals surface area contributed by atoms with E-state index >= 15 is 0 Å². The van der Waals surface area contributed by atoms with Crippen molar-refractivity contribution in [2.24, 2.45) is 16.5 Å². The summed E-state index contributed by atoms with van der Waals surface area (Å²) >= 11 is 0. The maximum absolute atomic E-state index is 12.1. The van der Waals surface area contributed by atoms with Crippen LogP contribution in [0.15, 0.2) is 52.5 Å². The normalized spacial score (nSPS) is 9.79. The number of aliphatic imine (C=N–C) groups is 1. The minimum Gasteiger partial charge on any atom is -0.370 e. The number of fused-ring (bicyclic) bond motifs is 1. The Balaban J connectivity index is 0.000000989. The number of aromatic nitrogens is 3. The molecule has 158 valence electrons. The summed E-state index contributed by atoms with van der Waals surface area (Å²) in [5.74, 6) is 0.123. The largest absolute Gasteiger partial charge is 0.370 e. The topological polar surface area (TPSA) is 127 Å². The summed E-state index contributed by atoms with van der Waals surface area (Å²) in [6, 6.07) is 9.70. The summed E-state index contributed by atoms with van der Waals surface area (Å²) < 4.78 is 1.54. The van der Waals surface area contributed by atoms with Gasteiger partial charge in [0.1, 0.15) is 5.65 Å². The van der Waals surface area contributed by atoms with Crippen molar-refractivity contribution in [3.05, 3.63) is 58.8 Å². The van der Waals surface area contributed by atoms with E-state index < -0.39 is 0 Å². The lowest BCUT2D eigenvalue weighted by Crippen LogP contribution is -2.23. The first-order valence-corrected chi connectivity index (χ1v) is 10.1. The fraction of sp³-hybridized carbons (Fsp3) is 0.381. The van der Waals surface area contributed by atoms with Crippen LogP contribution in [-0.4, -0.2) is 33.6 Å². The number of nitrogens with zero attached hydrogens (tertiary/aromatic N) is 3. The van der Waals surface area contributed by atoms with Crippen LogP contribution < -0.4 is 22.5 Å². The van der Waals surface area contributed by atoms with Gasteiger partial charge in [0.25, 0.3) is 0 Å². The molecule has 0 atom stereocenters. The van der Waals surface area contributed by atoms with Gasteiger partial charge in [-0.05, 0) is 36.7 Å². The molecule has 29 heavy (non-hydrogen) atoms. The van der Waals surface area contributed by atoms with Crippen LogP contribution in [0, 0.1) is 0 Å². The second kappa shape index (κ2) is 13.1. The van der Waals surface area contributed by atoms with Crippen LogP contribution in [0.4, 0.5) is 0 Å². The predicted octanol–water partition coefficient (Wildman–Crippen LogP) is 2.52. The molecule has 0 aliphatic rings. The van der Waals surface area contributed by atoms with E-state index in [0.29, 0.717) is 12.2 Å². The van der Waals surface area contributed by atoms with Gasteiger partial charge in [-0.25, -0.2) is 4.79 Å². The van der Waals surface area contributed by atoms with Crippen LogP contribution in [0.1, 0.15) is 39.7 Å². The van der Waals surface area contributed by atoms with Crippen molar-refractivity contribution in [2.45, 2.75) is 40.7 Å². The zero-order valence-corrected chi connectivity index (χ0v) is 17.8. The number of H-pyrrole nitrogens is 1. The van der Waals surface area contributed by atoms with Gasteiger partial charge in [-0.15, -0.1) is 0 Å². The van der Waals surface area contributed by atoms with Crippen molar-refractivity contribution >= 4 is 17.0 Å². The van der Waals surface area contributed by atoms with Crippen molar-refractivity contribution in [1.29, 1.82) is 0 Å². The van der Waals surface area contributed by atoms with E-state index in [9.17, 15) is 4.79 Å². The molecule has 8 heteroatoms. The summed E-state index contributed by atoms with van der Waals surface area (Å²) in [6.45, 7) is 10.2. The average Bonchev–Trinajstić information content (AvgIpc) is 3.20. The maximum atomic E-state index is 12.1. The highest BCUT2D eigenvalue weighted by Gasteiger charge is 2.04. The Morgan fingerprint density at radius 3 is 2.48 bits per heavy atom. The highest BCUT2D eigenvalue weighted by molar-refractivity contribution is 5.75. The minimum absolute atomic E-state index is 0.123. The Hall–Kier alpha value is -3.13. The molecule has 0 fully saturated rings. The van der Waals surface area contributed by atoms with Crippen LogP contribution in [-0.2, 0) is 6.54 Å². The summed E-state index contributed by atoms with van der Waals surface area (Å²) in [7, 11) is 0. The summed E-state index contributed by atoms with van der Waals surface area (Å²) in [5, 5.41) is 4.23. The zero-order valence-electron chi connectivity index (χ0n) is 17.8. The van der Waals surface area contributed by atoms with E-state index in [2.05, 4.69) is 20.3 Å². The van der Waals surface area contributed by atoms with E-state index in [1.165, 1.54) is 0 Å². The Morgan fingerprint density at radius 2 is 1.83 bits per heavy atom. The first-order valence-electron chi connectivity index (χ1n) is 10.1. The van der Waals surface area contributed by atoms with E-state index in [1.54, 1.807) is 17.0 Å². The van der Waals surface area contributed by atoms with Gasteiger partial charge in [0.2, 0.25) is 0 Å². The van der Waals surface area contributed by atoms with Crippen molar-refractivity contribution in [1.82, 2.24) is 19.9 Å². The first kappa shape index (κ1) is 23.9. The van der Waals surface area contributed by atoms with Crippen molar-refractivity contribution < 1.29 is 0 Å². The van der Waals surface area contributed by atoms with Gasteiger partial charge in [0.05, 0.1) is 5.69 Å². The predicted molar refractivity (Wildman–Crippen MR) is 121 cm³/mol. The van der Waals surface area contributed by atoms with E-state index in [4.69, 9.17) is 11.5 Å². The number of nitrogens with one attached hydrogen (secondary N) is 2. The van der Waals surface area contributed by atoms with E-state index in [-0.39, 0.29) is 11.6 Å². The van der Waals surface area contributed by atoms with Crippen LogP contribution >= 0.6 is 0 Å². The summed E-state index contributed by atoms with van der Waals surface area (Å²) in [4.78, 5) is 23.0. The number of hydrogen-bond acceptors (Lipinski definition) is 4. The molecule has 3 aromatic rings. The maximum Gasteiger partial charge on any atom is 0.354 e. The fourth-order valence-electron chi connectivity index (χ4n) is 2.52. The molecule has 3 rings (SSSR count). The molecule has 0 saturated carbocycles. The average molecular weight is 400 g/mol. The number of hydrogen-bond donors (Lipinski definition) is 4. The van der Waals surface area contributed by atoms with Gasteiger partial charge < -0.3 is 21.8 Å². The molecule has 1 aromatic carbocycles. The molecule has 0 unspecified atom stereocenters. The van der Waals surface area contributed by atoms with Crippen LogP contribution in [0.5, 0.6) is 0 Å². The lowest BCUT2D eigenvalue weighted by Gasteiger charge is -2.08. The van der Waals surface area contributed by atoms with Crippen LogP contribution in [0.3, 0.4) is 0 Å². The Labute approximate surface area is 172 Å². The molecule has 0 aliphatic carbocycles. The second-order valence-electron chi connectivity index (χ2n) is 5.68. The number of rotatable bonds is 7. The number of nitrogens with two attached hydrogens (primary N) is 2. The summed E-state index contributed by atoms with van der Waals surface area (Å²) in [6.07, 6.45) is 4.43. The fourth-order valence-corrected chi connectivity index (χ4v) is 2.52. The molecular formula is C21H33N7O. The third-order valence-corrected chi connectivity index (χ3v) is 3.79. The van der Waals surface area contributed by atoms with Crippen LogP contribution in [0.25, 0.3) is 16.7 Å². The molecule has 0 bridgehead atoms. The molecule has 0 spiro atoms. The van der Waals surface area contributed by atoms with Gasteiger partial charge in [-0.2, -0.15) is 4.98 Å². The number of guanidine groups is 1. The van der Waals surface area contributed by atoms with E-state index in [1.807, 2.05) is 58.0 Å². The summed E-state index contributed by atoms with van der Waals surface area (Å²) in [5.41, 5.74) is 12.8. The number of benzene rings is 1. The third-order valence-electron chi connectivity index (χ3n) is 3.79. The molecular weight excluding hydrogens is 366 g/mol. The third kappa shape index (κ3) is 7.42. The van der Waals surface area contributed by atoms with Crippen molar-refractivity contribution in [2.75, 3.05) is 13.1 Å². The smallest absolute Gasteiger partial charge is 0.354 e. The minimum atomic E-state index is -0.305. The van der Waals surface area contributed by atoms with Gasteiger partial charge in [0, 0.05) is 30.9 Å². The molecule has 6 N–H and O–H groups in total. The van der Waals surface area contributed by atoms with Crippen molar-refractivity contribution in [3.8, 4) is 5.69 Å². The van der Waals surface area contributed by atoms with Gasteiger partial charge in [-0.3, -0.25) is 9.56 Å². The molecule has 0 aliphatic heterocycles. The standard InChI is InChI=1S/C17H21N7O.2C2H6/c18-16(19)22-8-1-7-20-10-12-2-4-14(5-3-12)24-11-13-6-9-21-15(13)23-17(24)25;2*1-2/h2-6,9,11,20H,1,7-8,10H2,(H4,18,19,22)(H,21,23,25);2*1-2H3. The van der Waals surface area contributed by atoms with Crippen LogP contribution in [0.2, 0.25) is 0 Å². The Kier molecular flexibility index (Phi) is 10.8. The Bertz CT molecular complexity index is 922. The van der Waals surface area contributed by atoms with E-state index in [0.717, 1.165) is 36.1 Å². The molecule has 2 heterocycles. The molecule has 8 nitrogen and oxygen atoms in total. The highest BCUT2D eigenvalue weighted by atomic mass is 16.1. The molecule has 2 aromatic heterocycles. The second-order valence-corrected chi connectivity index (χ2v) is 5.68. The molecule has 0 amide bonds. The van der Waals surface area contributed by atoms with Crippen molar-refractivity contribution in [3.63, 3.8) is 0 Å². The van der Waals surface area contributed by atoms with Gasteiger partial charge in [0.15, 0.2) is 5.96 Å². The monoisotopic (exact) mass is 399 g/mol. The quantitative estimate of drug-likeness (QED) is 0.276. The highest BCUT2D eigenvalue weighted by Crippen LogP contribution is 2.11. The lowest BCUT2D eigenvalue weighted by atomic mass is 10.2. The lowest BCUT2D eigenvalue weighted by molar-refractivity contribution is 0.655. The first-order chi connectivity index (χ1) is 14.1. The van der Waals surface area contributed by atoms with Gasteiger partial charge >= 0.3 is 5.69 Å². The molecule has 0 saturated heterocycles.